The van der Waals surface area contributed by atoms with Crippen LogP contribution in [0.25, 0.3) is 11.0 Å². The summed E-state index contributed by atoms with van der Waals surface area (Å²) in [5.74, 6) is 1.07. The van der Waals surface area contributed by atoms with E-state index in [1.54, 1.807) is 0 Å². The molecule has 4 heteroatoms. The first kappa shape index (κ1) is 12.2. The van der Waals surface area contributed by atoms with E-state index < -0.39 is 0 Å². The fraction of sp³-hybridized carbons (Fsp3) is 0.400. The van der Waals surface area contributed by atoms with Crippen LogP contribution in [0.4, 0.5) is 0 Å². The van der Waals surface area contributed by atoms with Crippen molar-refractivity contribution < 1.29 is 4.74 Å². The summed E-state index contributed by atoms with van der Waals surface area (Å²) in [6.07, 6.45) is 5.11. The molecule has 1 aromatic carbocycles. The summed E-state index contributed by atoms with van der Waals surface area (Å²) in [6.45, 7) is 4.70. The summed E-state index contributed by atoms with van der Waals surface area (Å²) in [5, 5.41) is 3.49. The Morgan fingerprint density at radius 1 is 1.42 bits per heavy atom. The van der Waals surface area contributed by atoms with Crippen molar-refractivity contribution in [1.82, 2.24) is 14.9 Å². The summed E-state index contributed by atoms with van der Waals surface area (Å²) in [6, 6.07) is 8.44. The van der Waals surface area contributed by atoms with Crippen LogP contribution < -0.4 is 5.32 Å². The van der Waals surface area contributed by atoms with Crippen LogP contribution in [-0.4, -0.2) is 28.7 Å². The van der Waals surface area contributed by atoms with Gasteiger partial charge in [-0.1, -0.05) is 19.1 Å². The smallest absolute Gasteiger partial charge is 0.111 e. The fourth-order valence-electron chi connectivity index (χ4n) is 2.53. The first-order valence-corrected chi connectivity index (χ1v) is 6.84. The molecule has 0 radical (unpaired) electrons. The minimum Gasteiger partial charge on any atom is -0.496 e. The van der Waals surface area contributed by atoms with E-state index in [1.807, 2.05) is 24.5 Å². The van der Waals surface area contributed by atoms with Crippen LogP contribution >= 0.6 is 0 Å². The van der Waals surface area contributed by atoms with Crippen molar-refractivity contribution >= 4 is 11.0 Å². The molecule has 2 heterocycles. The third kappa shape index (κ3) is 2.49. The Morgan fingerprint density at radius 2 is 2.32 bits per heavy atom. The molecule has 0 saturated heterocycles. The molecule has 0 spiro atoms. The standard InChI is InChI=1S/C15H19N3O/c1-2-16-13(15-8-5-9-19-15)10-18-11-17-12-6-3-4-7-14(12)18/h3-4,6-8,11,13,16H,2,5,9-10H2,1H3. The zero-order chi connectivity index (χ0) is 13.1. The Kier molecular flexibility index (Phi) is 3.51. The van der Waals surface area contributed by atoms with Crippen molar-refractivity contribution in [3.63, 3.8) is 0 Å². The normalized spacial score (nSPS) is 16.4. The lowest BCUT2D eigenvalue weighted by atomic mass is 10.2. The Bertz CT molecular complexity index is 588. The van der Waals surface area contributed by atoms with E-state index in [0.717, 1.165) is 37.4 Å². The summed E-state index contributed by atoms with van der Waals surface area (Å²) in [4.78, 5) is 4.43. The van der Waals surface area contributed by atoms with Crippen molar-refractivity contribution in [2.24, 2.45) is 0 Å². The highest BCUT2D eigenvalue weighted by molar-refractivity contribution is 5.74. The summed E-state index contributed by atoms with van der Waals surface area (Å²) in [5.41, 5.74) is 2.21. The topological polar surface area (TPSA) is 39.1 Å². The van der Waals surface area contributed by atoms with Crippen LogP contribution in [0.2, 0.25) is 0 Å². The van der Waals surface area contributed by atoms with Gasteiger partial charge in [-0.15, -0.1) is 0 Å². The average molecular weight is 257 g/mol. The molecular weight excluding hydrogens is 238 g/mol. The largest absolute Gasteiger partial charge is 0.496 e. The number of fused-ring (bicyclic) bond motifs is 1. The number of hydrogen-bond donors (Lipinski definition) is 1. The molecule has 1 aromatic heterocycles. The second kappa shape index (κ2) is 5.45. The van der Waals surface area contributed by atoms with Crippen LogP contribution in [0.3, 0.4) is 0 Å². The van der Waals surface area contributed by atoms with Gasteiger partial charge < -0.3 is 14.6 Å². The van der Waals surface area contributed by atoms with E-state index >= 15 is 0 Å². The Balaban J connectivity index is 1.85. The van der Waals surface area contributed by atoms with Gasteiger partial charge in [-0.2, -0.15) is 0 Å². The molecule has 1 aliphatic heterocycles. The van der Waals surface area contributed by atoms with Gasteiger partial charge in [0.15, 0.2) is 0 Å². The molecule has 0 amide bonds. The molecule has 0 aliphatic carbocycles. The highest BCUT2D eigenvalue weighted by atomic mass is 16.5. The van der Waals surface area contributed by atoms with Crippen LogP contribution in [0.15, 0.2) is 42.4 Å². The average Bonchev–Trinajstić information content (AvgIpc) is 3.08. The Labute approximate surface area is 113 Å². The van der Waals surface area contributed by atoms with Crippen LogP contribution in [-0.2, 0) is 11.3 Å². The SMILES string of the molecule is CCNC(Cn1cnc2ccccc21)C1=CCCO1. The van der Waals surface area contributed by atoms with Gasteiger partial charge >= 0.3 is 0 Å². The van der Waals surface area contributed by atoms with Gasteiger partial charge in [0, 0.05) is 13.0 Å². The number of hydrogen-bond acceptors (Lipinski definition) is 3. The molecule has 0 fully saturated rings. The van der Waals surface area contributed by atoms with Gasteiger partial charge in [0.2, 0.25) is 0 Å². The van der Waals surface area contributed by atoms with E-state index in [-0.39, 0.29) is 6.04 Å². The molecule has 1 N–H and O–H groups in total. The summed E-state index contributed by atoms with van der Waals surface area (Å²) in [7, 11) is 0. The van der Waals surface area contributed by atoms with Crippen molar-refractivity contribution in [1.29, 1.82) is 0 Å². The maximum absolute atomic E-state index is 5.69. The number of nitrogens with one attached hydrogen (secondary N) is 1. The second-order valence-corrected chi connectivity index (χ2v) is 4.74. The molecule has 3 rings (SSSR count). The molecule has 1 unspecified atom stereocenters. The minimum absolute atomic E-state index is 0.227. The first-order chi connectivity index (χ1) is 9.38. The predicted molar refractivity (Wildman–Crippen MR) is 75.8 cm³/mol. The number of rotatable bonds is 5. The van der Waals surface area contributed by atoms with E-state index in [0.29, 0.717) is 0 Å². The molecule has 4 nitrogen and oxygen atoms in total. The fourth-order valence-corrected chi connectivity index (χ4v) is 2.53. The Morgan fingerprint density at radius 3 is 3.11 bits per heavy atom. The second-order valence-electron chi connectivity index (χ2n) is 4.74. The van der Waals surface area contributed by atoms with Crippen molar-refractivity contribution in [2.75, 3.05) is 13.2 Å². The van der Waals surface area contributed by atoms with Crippen molar-refractivity contribution in [3.05, 3.63) is 42.4 Å². The highest BCUT2D eigenvalue weighted by Crippen LogP contribution is 2.18. The Hall–Kier alpha value is -1.81. The van der Waals surface area contributed by atoms with E-state index in [2.05, 4.69) is 33.9 Å². The molecule has 1 aliphatic rings. The first-order valence-electron chi connectivity index (χ1n) is 6.84. The number of benzene rings is 1. The third-order valence-electron chi connectivity index (χ3n) is 3.43. The zero-order valence-corrected chi connectivity index (χ0v) is 11.2. The van der Waals surface area contributed by atoms with Gasteiger partial charge in [0.25, 0.3) is 0 Å². The number of likely N-dealkylation sites (N-methyl/N-ethyl adjacent to an activating group) is 1. The van der Waals surface area contributed by atoms with Gasteiger partial charge in [0.1, 0.15) is 5.76 Å². The van der Waals surface area contributed by atoms with E-state index in [4.69, 9.17) is 4.74 Å². The maximum atomic E-state index is 5.69. The van der Waals surface area contributed by atoms with Crippen LogP contribution in [0.1, 0.15) is 13.3 Å². The molecule has 100 valence electrons. The number of nitrogens with zero attached hydrogens (tertiary/aromatic N) is 2. The van der Waals surface area contributed by atoms with Gasteiger partial charge in [-0.05, 0) is 24.8 Å². The summed E-state index contributed by atoms with van der Waals surface area (Å²) >= 11 is 0. The lowest BCUT2D eigenvalue weighted by Gasteiger charge is -2.20. The van der Waals surface area contributed by atoms with Crippen molar-refractivity contribution in [3.8, 4) is 0 Å². The molecule has 2 aromatic rings. The monoisotopic (exact) mass is 257 g/mol. The zero-order valence-electron chi connectivity index (χ0n) is 11.2. The molecular formula is C15H19N3O. The lowest BCUT2D eigenvalue weighted by molar-refractivity contribution is 0.209. The number of aromatic nitrogens is 2. The molecule has 19 heavy (non-hydrogen) atoms. The quantitative estimate of drug-likeness (QED) is 0.893. The number of para-hydroxylation sites is 2. The van der Waals surface area contributed by atoms with Crippen molar-refractivity contribution in [2.45, 2.75) is 25.9 Å². The van der Waals surface area contributed by atoms with Gasteiger partial charge in [-0.3, -0.25) is 0 Å². The van der Waals surface area contributed by atoms with E-state index in [9.17, 15) is 0 Å². The van der Waals surface area contributed by atoms with Gasteiger partial charge in [-0.25, -0.2) is 4.98 Å². The highest BCUT2D eigenvalue weighted by Gasteiger charge is 2.19. The van der Waals surface area contributed by atoms with E-state index in [1.165, 1.54) is 5.52 Å². The van der Waals surface area contributed by atoms with Crippen LogP contribution in [0, 0.1) is 0 Å². The summed E-state index contributed by atoms with van der Waals surface area (Å²) < 4.78 is 7.88. The molecule has 1 atom stereocenters. The maximum Gasteiger partial charge on any atom is 0.111 e. The van der Waals surface area contributed by atoms with Gasteiger partial charge in [0.05, 0.1) is 30.0 Å². The minimum atomic E-state index is 0.227. The predicted octanol–water partition coefficient (Wildman–Crippen LogP) is 2.32. The molecule has 0 saturated carbocycles. The number of imidazole rings is 1. The third-order valence-corrected chi connectivity index (χ3v) is 3.43. The lowest BCUT2D eigenvalue weighted by Crippen LogP contribution is -2.35. The molecule has 0 bridgehead atoms. The number of ether oxygens (including phenoxy) is 1. The van der Waals surface area contributed by atoms with Crippen LogP contribution in [0.5, 0.6) is 0 Å².